The second-order valence-corrected chi connectivity index (χ2v) is 10.4. The van der Waals surface area contributed by atoms with E-state index < -0.39 is 0 Å². The predicted molar refractivity (Wildman–Crippen MR) is 161 cm³/mol. The molecule has 0 amide bonds. The predicted octanol–water partition coefficient (Wildman–Crippen LogP) is 9.01. The van der Waals surface area contributed by atoms with Gasteiger partial charge < -0.3 is 18.8 Å². The number of allylic oxidation sites excluding steroid dienone is 3. The highest BCUT2D eigenvalue weighted by molar-refractivity contribution is 5.89. The molecule has 0 N–H and O–H groups in total. The van der Waals surface area contributed by atoms with Crippen LogP contribution >= 0.6 is 0 Å². The lowest BCUT2D eigenvalue weighted by molar-refractivity contribution is 0.272. The number of ether oxygens (including phenoxy) is 3. The zero-order chi connectivity index (χ0) is 27.8. The zero-order valence-electron chi connectivity index (χ0n) is 24.9. The molecular weight excluding hydrogens is 474 g/mol. The van der Waals surface area contributed by atoms with Crippen LogP contribution < -0.4 is 19.8 Å². The summed E-state index contributed by atoms with van der Waals surface area (Å²) in [5.41, 5.74) is 3.33. The van der Waals surface area contributed by atoms with E-state index in [2.05, 4.69) is 53.7 Å². The van der Waals surface area contributed by atoms with Crippen LogP contribution in [0.3, 0.4) is 0 Å². The van der Waals surface area contributed by atoms with E-state index in [-0.39, 0.29) is 5.56 Å². The average Bonchev–Trinajstić information content (AvgIpc) is 2.89. The second-order valence-electron chi connectivity index (χ2n) is 10.4. The summed E-state index contributed by atoms with van der Waals surface area (Å²) in [4.78, 5) is 13.8. The van der Waals surface area contributed by atoms with E-state index in [0.29, 0.717) is 37.9 Å². The van der Waals surface area contributed by atoms with Crippen molar-refractivity contribution in [3.8, 4) is 17.2 Å². The van der Waals surface area contributed by atoms with Gasteiger partial charge in [0, 0.05) is 18.0 Å². The van der Waals surface area contributed by atoms with E-state index in [1.54, 1.807) is 0 Å². The summed E-state index contributed by atoms with van der Waals surface area (Å²) >= 11 is 0. The van der Waals surface area contributed by atoms with E-state index in [1.807, 2.05) is 22.8 Å². The number of unbranched alkanes of at least 4 members (excludes halogenated alkanes) is 5. The lowest BCUT2D eigenvalue weighted by Gasteiger charge is -2.19. The molecule has 5 nitrogen and oxygen atoms in total. The van der Waals surface area contributed by atoms with E-state index in [4.69, 9.17) is 14.2 Å². The number of aryl methyl sites for hydroxylation is 1. The highest BCUT2D eigenvalue weighted by Crippen LogP contribution is 2.35. The molecule has 5 heteroatoms. The van der Waals surface area contributed by atoms with Crippen LogP contribution in [-0.2, 0) is 6.54 Å². The van der Waals surface area contributed by atoms with Gasteiger partial charge in [-0.25, -0.2) is 0 Å². The molecule has 212 valence electrons. The molecule has 1 heterocycles. The topological polar surface area (TPSA) is 49.7 Å². The molecule has 2 rings (SSSR count). The number of pyridine rings is 1. The van der Waals surface area contributed by atoms with Gasteiger partial charge >= 0.3 is 0 Å². The summed E-state index contributed by atoms with van der Waals surface area (Å²) in [5, 5.41) is 0.891. The molecule has 0 aliphatic heterocycles. The maximum Gasteiger partial charge on any atom is 0.297 e. The van der Waals surface area contributed by atoms with Crippen LogP contribution in [0.4, 0.5) is 0 Å². The minimum Gasteiger partial charge on any atom is -0.494 e. The van der Waals surface area contributed by atoms with Crippen molar-refractivity contribution >= 4 is 10.9 Å². The van der Waals surface area contributed by atoms with Crippen molar-refractivity contribution in [2.45, 2.75) is 112 Å². The number of aromatic nitrogens is 1. The van der Waals surface area contributed by atoms with Gasteiger partial charge in [0.25, 0.3) is 5.56 Å². The molecule has 0 saturated carbocycles. The fraction of sp³-hybridized carbons (Fsp3) is 0.606. The summed E-state index contributed by atoms with van der Waals surface area (Å²) in [6, 6.07) is 5.98. The van der Waals surface area contributed by atoms with Gasteiger partial charge in [-0.2, -0.15) is 0 Å². The first-order chi connectivity index (χ1) is 18.4. The van der Waals surface area contributed by atoms with Crippen molar-refractivity contribution in [3.63, 3.8) is 0 Å². The summed E-state index contributed by atoms with van der Waals surface area (Å²) in [5.74, 6) is 1.66. The maximum atomic E-state index is 13.8. The average molecular weight is 526 g/mol. The molecule has 0 atom stereocenters. The highest BCUT2D eigenvalue weighted by Gasteiger charge is 2.20. The Bertz CT molecular complexity index is 1090. The van der Waals surface area contributed by atoms with Gasteiger partial charge in [-0.15, -0.1) is 0 Å². The Balaban J connectivity index is 2.46. The molecule has 0 bridgehead atoms. The minimum atomic E-state index is -0.119. The van der Waals surface area contributed by atoms with Crippen molar-refractivity contribution in [2.24, 2.45) is 0 Å². The van der Waals surface area contributed by atoms with Gasteiger partial charge in [0.2, 0.25) is 5.75 Å². The molecule has 0 fully saturated rings. The third-order valence-corrected chi connectivity index (χ3v) is 6.65. The lowest BCUT2D eigenvalue weighted by Crippen LogP contribution is -2.24. The highest BCUT2D eigenvalue weighted by atomic mass is 16.5. The Morgan fingerprint density at radius 3 is 2.26 bits per heavy atom. The van der Waals surface area contributed by atoms with Gasteiger partial charge in [-0.1, -0.05) is 70.1 Å². The van der Waals surface area contributed by atoms with Crippen LogP contribution in [0.15, 0.2) is 46.3 Å². The monoisotopic (exact) mass is 525 g/mol. The quantitative estimate of drug-likeness (QED) is 0.136. The number of fused-ring (bicyclic) bond motifs is 1. The molecule has 1 aromatic carbocycles. The third-order valence-electron chi connectivity index (χ3n) is 6.65. The fourth-order valence-corrected chi connectivity index (χ4v) is 4.27. The minimum absolute atomic E-state index is 0.119. The van der Waals surface area contributed by atoms with Crippen LogP contribution in [-0.4, -0.2) is 24.4 Å². The van der Waals surface area contributed by atoms with Gasteiger partial charge in [0.05, 0.1) is 18.7 Å². The summed E-state index contributed by atoms with van der Waals surface area (Å²) in [6.07, 6.45) is 14.7. The first-order valence-corrected chi connectivity index (χ1v) is 14.8. The standard InChI is InChI=1S/C33H51NO4/c1-7-10-13-14-23-37-32-31(38-24-20-27(6)17-15-16-26(4)5)29-19-18-28(36-22-12-9-3)25-30(29)34(33(32)35)21-11-8-2/h16,18-20,25H,7-15,17,21-24H2,1-6H3/b27-20+. The van der Waals surface area contributed by atoms with Crippen molar-refractivity contribution < 1.29 is 14.2 Å². The molecular formula is C33H51NO4. The Hall–Kier alpha value is -2.69. The SMILES string of the molecule is CCCCCCOc1c(OC/C=C(\C)CCC=C(C)C)c2ccc(OCCCC)cc2n(CCCC)c1=O. The number of rotatable bonds is 19. The summed E-state index contributed by atoms with van der Waals surface area (Å²) in [7, 11) is 0. The zero-order valence-corrected chi connectivity index (χ0v) is 24.9. The van der Waals surface area contributed by atoms with E-state index in [9.17, 15) is 4.79 Å². The van der Waals surface area contributed by atoms with Crippen LogP contribution in [0.2, 0.25) is 0 Å². The van der Waals surface area contributed by atoms with E-state index >= 15 is 0 Å². The fourth-order valence-electron chi connectivity index (χ4n) is 4.27. The molecule has 38 heavy (non-hydrogen) atoms. The molecule has 0 aliphatic carbocycles. The van der Waals surface area contributed by atoms with Crippen molar-refractivity contribution in [3.05, 3.63) is 51.9 Å². The molecule has 0 spiro atoms. The molecule has 1 aromatic heterocycles. The first kappa shape index (κ1) is 31.5. The Labute approximate surface area is 230 Å². The molecule has 2 aromatic rings. The number of benzene rings is 1. The summed E-state index contributed by atoms with van der Waals surface area (Å²) < 4.78 is 20.4. The number of nitrogens with zero attached hydrogens (tertiary/aromatic N) is 1. The van der Waals surface area contributed by atoms with Crippen LogP contribution in [0.25, 0.3) is 10.9 Å². The smallest absolute Gasteiger partial charge is 0.297 e. The Kier molecular flexibility index (Phi) is 14.7. The maximum absolute atomic E-state index is 13.8. The second kappa shape index (κ2) is 17.8. The van der Waals surface area contributed by atoms with Crippen molar-refractivity contribution in [1.82, 2.24) is 4.57 Å². The third kappa shape index (κ3) is 10.2. The van der Waals surface area contributed by atoms with Crippen LogP contribution in [0, 0.1) is 0 Å². The molecule has 0 saturated heterocycles. The Morgan fingerprint density at radius 1 is 0.816 bits per heavy atom. The Morgan fingerprint density at radius 2 is 1.55 bits per heavy atom. The van der Waals surface area contributed by atoms with Gasteiger partial charge in [-0.3, -0.25) is 4.79 Å². The number of hydrogen-bond donors (Lipinski definition) is 0. The molecule has 0 unspecified atom stereocenters. The van der Waals surface area contributed by atoms with E-state index in [0.717, 1.165) is 74.4 Å². The van der Waals surface area contributed by atoms with Gasteiger partial charge in [-0.05, 0) is 71.1 Å². The van der Waals surface area contributed by atoms with Crippen LogP contribution in [0.5, 0.6) is 17.2 Å². The largest absolute Gasteiger partial charge is 0.494 e. The van der Waals surface area contributed by atoms with E-state index in [1.165, 1.54) is 17.6 Å². The molecule has 0 aliphatic rings. The van der Waals surface area contributed by atoms with Crippen molar-refractivity contribution in [2.75, 3.05) is 19.8 Å². The first-order valence-electron chi connectivity index (χ1n) is 14.8. The summed E-state index contributed by atoms with van der Waals surface area (Å²) in [6.45, 7) is 15.1. The van der Waals surface area contributed by atoms with Gasteiger partial charge in [0.15, 0.2) is 5.75 Å². The number of hydrogen-bond acceptors (Lipinski definition) is 4. The normalized spacial score (nSPS) is 11.6. The van der Waals surface area contributed by atoms with Gasteiger partial charge in [0.1, 0.15) is 12.4 Å². The van der Waals surface area contributed by atoms with Crippen molar-refractivity contribution in [1.29, 1.82) is 0 Å². The lowest BCUT2D eigenvalue weighted by atomic mass is 10.1. The molecule has 0 radical (unpaired) electrons. The van der Waals surface area contributed by atoms with Crippen LogP contribution in [0.1, 0.15) is 106 Å².